The average Bonchev–Trinajstić information content (AvgIpc) is 2.40. The van der Waals surface area contributed by atoms with Crippen molar-refractivity contribution in [3.05, 3.63) is 68.2 Å². The van der Waals surface area contributed by atoms with Crippen LogP contribution in [0.15, 0.2) is 40.9 Å². The predicted molar refractivity (Wildman–Crippen MR) is 74.5 cm³/mol. The van der Waals surface area contributed by atoms with Crippen molar-refractivity contribution < 1.29 is 13.7 Å². The minimum atomic E-state index is -0.755. The van der Waals surface area contributed by atoms with E-state index in [0.717, 1.165) is 6.07 Å². The lowest BCUT2D eigenvalue weighted by Gasteiger charge is -2.09. The maximum Gasteiger partial charge on any atom is 0.295 e. The average molecular weight is 343 g/mol. The Morgan fingerprint density at radius 1 is 1.20 bits per heavy atom. The molecule has 0 unspecified atom stereocenters. The van der Waals surface area contributed by atoms with Gasteiger partial charge in [0.25, 0.3) is 5.69 Å². The summed E-state index contributed by atoms with van der Waals surface area (Å²) in [5.74, 6) is -1.23. The minimum Gasteiger partial charge on any atom is -0.373 e. The maximum atomic E-state index is 13.6. The van der Waals surface area contributed by atoms with Crippen molar-refractivity contribution in [1.82, 2.24) is 0 Å². The number of hydrogen-bond acceptors (Lipinski definition) is 3. The summed E-state index contributed by atoms with van der Waals surface area (Å²) in [6, 6.07) is 7.85. The van der Waals surface area contributed by atoms with Crippen LogP contribution in [0.2, 0.25) is 0 Å². The van der Waals surface area contributed by atoms with Gasteiger partial charge in [0.05, 0.1) is 4.92 Å². The van der Waals surface area contributed by atoms with Crippen LogP contribution in [0.25, 0.3) is 0 Å². The molecule has 7 heteroatoms. The highest BCUT2D eigenvalue weighted by Crippen LogP contribution is 2.28. The Labute approximate surface area is 121 Å². The first-order valence-corrected chi connectivity index (χ1v) is 6.39. The summed E-state index contributed by atoms with van der Waals surface area (Å²) in [7, 11) is 0. The molecule has 0 radical (unpaired) electrons. The molecule has 104 valence electrons. The van der Waals surface area contributed by atoms with Gasteiger partial charge in [-0.1, -0.05) is 22.0 Å². The van der Waals surface area contributed by atoms with E-state index in [9.17, 15) is 18.9 Å². The molecule has 0 spiro atoms. The summed E-state index contributed by atoms with van der Waals surface area (Å²) >= 11 is 3.20. The first-order chi connectivity index (χ1) is 9.49. The Balaban J connectivity index is 2.27. The number of nitrogens with one attached hydrogen (secondary N) is 1. The van der Waals surface area contributed by atoms with Crippen LogP contribution in [0.4, 0.5) is 20.2 Å². The van der Waals surface area contributed by atoms with Crippen LogP contribution >= 0.6 is 15.9 Å². The van der Waals surface area contributed by atoms with Gasteiger partial charge in [-0.2, -0.15) is 0 Å². The zero-order chi connectivity index (χ0) is 14.7. The van der Waals surface area contributed by atoms with E-state index in [1.807, 2.05) is 0 Å². The van der Waals surface area contributed by atoms with Crippen LogP contribution in [0, 0.1) is 21.7 Å². The topological polar surface area (TPSA) is 55.2 Å². The van der Waals surface area contributed by atoms with Crippen LogP contribution < -0.4 is 5.32 Å². The lowest BCUT2D eigenvalue weighted by atomic mass is 10.2. The first kappa shape index (κ1) is 14.4. The highest BCUT2D eigenvalue weighted by molar-refractivity contribution is 9.10. The van der Waals surface area contributed by atoms with Crippen LogP contribution in [0.5, 0.6) is 0 Å². The van der Waals surface area contributed by atoms with Crippen LogP contribution in [0.3, 0.4) is 0 Å². The second kappa shape index (κ2) is 5.96. The van der Waals surface area contributed by atoms with E-state index in [1.54, 1.807) is 0 Å². The summed E-state index contributed by atoms with van der Waals surface area (Å²) in [4.78, 5) is 10.1. The lowest BCUT2D eigenvalue weighted by Crippen LogP contribution is -2.06. The number of para-hydroxylation sites is 1. The quantitative estimate of drug-likeness (QED) is 0.667. The number of nitro groups is 1. The molecule has 0 aliphatic heterocycles. The minimum absolute atomic E-state index is 0.0625. The SMILES string of the molecule is O=[N+]([O-])c1cccc(F)c1NCc1cc(Br)ccc1F. The fourth-order valence-corrected chi connectivity index (χ4v) is 2.11. The van der Waals surface area contributed by atoms with Gasteiger partial charge in [-0.25, -0.2) is 8.78 Å². The van der Waals surface area contributed by atoms with Crippen molar-refractivity contribution in [2.45, 2.75) is 6.54 Å². The Bertz CT molecular complexity index is 665. The van der Waals surface area contributed by atoms with Gasteiger partial charge in [-0.15, -0.1) is 0 Å². The molecule has 2 aromatic rings. The van der Waals surface area contributed by atoms with Crippen LogP contribution in [0.1, 0.15) is 5.56 Å². The van der Waals surface area contributed by atoms with Crippen molar-refractivity contribution in [3.8, 4) is 0 Å². The Kier molecular flexibility index (Phi) is 4.29. The van der Waals surface area contributed by atoms with Gasteiger partial charge in [0.15, 0.2) is 5.82 Å². The Morgan fingerprint density at radius 3 is 2.65 bits per heavy atom. The normalized spacial score (nSPS) is 10.3. The summed E-state index contributed by atoms with van der Waals surface area (Å²) in [5.41, 5.74) is -0.366. The van der Waals surface area contributed by atoms with Gasteiger partial charge in [0, 0.05) is 22.6 Å². The summed E-state index contributed by atoms with van der Waals surface area (Å²) in [6.45, 7) is -0.0625. The third-order valence-corrected chi connectivity index (χ3v) is 3.14. The van der Waals surface area contributed by atoms with Crippen LogP contribution in [-0.2, 0) is 6.54 Å². The molecular weight excluding hydrogens is 334 g/mol. The molecule has 4 nitrogen and oxygen atoms in total. The third kappa shape index (κ3) is 3.11. The fourth-order valence-electron chi connectivity index (χ4n) is 1.70. The van der Waals surface area contributed by atoms with E-state index in [1.165, 1.54) is 30.3 Å². The smallest absolute Gasteiger partial charge is 0.295 e. The molecular formula is C13H9BrF2N2O2. The first-order valence-electron chi connectivity index (χ1n) is 5.59. The molecule has 2 rings (SSSR count). The number of anilines is 1. The number of nitrogens with zero attached hydrogens (tertiary/aromatic N) is 1. The molecule has 0 bridgehead atoms. The predicted octanol–water partition coefficient (Wildman–Crippen LogP) is 4.25. The zero-order valence-corrected chi connectivity index (χ0v) is 11.7. The Morgan fingerprint density at radius 2 is 1.95 bits per heavy atom. The molecule has 0 aliphatic carbocycles. The van der Waals surface area contributed by atoms with Gasteiger partial charge in [0.2, 0.25) is 0 Å². The molecule has 0 aliphatic rings. The zero-order valence-electron chi connectivity index (χ0n) is 10.1. The van der Waals surface area contributed by atoms with Gasteiger partial charge < -0.3 is 5.32 Å². The number of nitro benzene ring substituents is 1. The van der Waals surface area contributed by atoms with Crippen molar-refractivity contribution in [2.75, 3.05) is 5.32 Å². The van der Waals surface area contributed by atoms with Crippen molar-refractivity contribution >= 4 is 27.3 Å². The number of benzene rings is 2. The molecule has 0 amide bonds. The Hall–Kier alpha value is -2.02. The number of rotatable bonds is 4. The van der Waals surface area contributed by atoms with Gasteiger partial charge in [-0.05, 0) is 24.3 Å². The van der Waals surface area contributed by atoms with Crippen molar-refractivity contribution in [2.24, 2.45) is 0 Å². The molecule has 0 saturated carbocycles. The molecule has 0 atom stereocenters. The molecule has 0 aromatic heterocycles. The van der Waals surface area contributed by atoms with E-state index in [-0.39, 0.29) is 23.5 Å². The van der Waals surface area contributed by atoms with Gasteiger partial charge >= 0.3 is 0 Å². The van der Waals surface area contributed by atoms with E-state index >= 15 is 0 Å². The van der Waals surface area contributed by atoms with Crippen molar-refractivity contribution in [3.63, 3.8) is 0 Å². The summed E-state index contributed by atoms with van der Waals surface area (Å²) in [6.07, 6.45) is 0. The molecule has 0 saturated heterocycles. The molecule has 20 heavy (non-hydrogen) atoms. The van der Waals surface area contributed by atoms with Crippen molar-refractivity contribution in [1.29, 1.82) is 0 Å². The largest absolute Gasteiger partial charge is 0.373 e. The van der Waals surface area contributed by atoms with E-state index in [0.29, 0.717) is 4.47 Å². The number of hydrogen-bond donors (Lipinski definition) is 1. The monoisotopic (exact) mass is 342 g/mol. The number of halogens is 3. The molecule has 0 heterocycles. The van der Waals surface area contributed by atoms with Gasteiger partial charge in [0.1, 0.15) is 11.5 Å². The summed E-state index contributed by atoms with van der Waals surface area (Å²) < 4.78 is 27.8. The molecule has 0 fully saturated rings. The second-order valence-electron chi connectivity index (χ2n) is 3.98. The highest BCUT2D eigenvalue weighted by Gasteiger charge is 2.17. The van der Waals surface area contributed by atoms with E-state index in [2.05, 4.69) is 21.2 Å². The van der Waals surface area contributed by atoms with Gasteiger partial charge in [-0.3, -0.25) is 10.1 Å². The molecule has 2 aromatic carbocycles. The standard InChI is InChI=1S/C13H9BrF2N2O2/c14-9-4-5-10(15)8(6-9)7-17-13-11(16)2-1-3-12(13)18(19)20/h1-6,17H,7H2. The lowest BCUT2D eigenvalue weighted by molar-refractivity contribution is -0.384. The van der Waals surface area contributed by atoms with E-state index < -0.39 is 16.6 Å². The third-order valence-electron chi connectivity index (χ3n) is 2.65. The highest BCUT2D eigenvalue weighted by atomic mass is 79.9. The van der Waals surface area contributed by atoms with Crippen LogP contribution in [-0.4, -0.2) is 4.92 Å². The molecule has 1 N–H and O–H groups in total. The second-order valence-corrected chi connectivity index (χ2v) is 4.90. The van der Waals surface area contributed by atoms with E-state index in [4.69, 9.17) is 0 Å². The maximum absolute atomic E-state index is 13.6. The fraction of sp³-hybridized carbons (Fsp3) is 0.0769. The summed E-state index contributed by atoms with van der Waals surface area (Å²) in [5, 5.41) is 13.4.